The SMILES string of the molecule is COc1ccc(CC(=O)NCCc2ccc3nc[nH]c3c2)cc1. The summed E-state index contributed by atoms with van der Waals surface area (Å²) >= 11 is 0. The van der Waals surface area contributed by atoms with Crippen LogP contribution in [0.1, 0.15) is 11.1 Å². The number of carbonyl (C=O) groups excluding carboxylic acids is 1. The number of hydrogen-bond acceptors (Lipinski definition) is 3. The third-order valence-electron chi connectivity index (χ3n) is 3.74. The molecule has 1 heterocycles. The fourth-order valence-electron chi connectivity index (χ4n) is 2.48. The summed E-state index contributed by atoms with van der Waals surface area (Å²) in [6, 6.07) is 13.6. The predicted octanol–water partition coefficient (Wildman–Crippen LogP) is 2.47. The van der Waals surface area contributed by atoms with Crippen LogP contribution in [0.15, 0.2) is 48.8 Å². The van der Waals surface area contributed by atoms with Gasteiger partial charge in [0.25, 0.3) is 0 Å². The number of H-pyrrole nitrogens is 1. The second-order valence-electron chi connectivity index (χ2n) is 5.38. The molecule has 3 aromatic rings. The van der Waals surface area contributed by atoms with E-state index in [1.807, 2.05) is 36.4 Å². The smallest absolute Gasteiger partial charge is 0.224 e. The van der Waals surface area contributed by atoms with Gasteiger partial charge < -0.3 is 15.0 Å². The number of carbonyl (C=O) groups is 1. The molecule has 0 atom stereocenters. The van der Waals surface area contributed by atoms with E-state index in [1.54, 1.807) is 13.4 Å². The number of nitrogens with zero attached hydrogens (tertiary/aromatic N) is 1. The van der Waals surface area contributed by atoms with E-state index in [9.17, 15) is 4.79 Å². The van der Waals surface area contributed by atoms with Gasteiger partial charge in [-0.15, -0.1) is 0 Å². The summed E-state index contributed by atoms with van der Waals surface area (Å²) in [4.78, 5) is 19.3. The van der Waals surface area contributed by atoms with Crippen LogP contribution in [0.25, 0.3) is 11.0 Å². The zero-order valence-electron chi connectivity index (χ0n) is 13.0. The van der Waals surface area contributed by atoms with Crippen LogP contribution in [0.2, 0.25) is 0 Å². The highest BCUT2D eigenvalue weighted by molar-refractivity contribution is 5.78. The summed E-state index contributed by atoms with van der Waals surface area (Å²) in [7, 11) is 1.63. The Balaban J connectivity index is 1.48. The largest absolute Gasteiger partial charge is 0.497 e. The number of benzene rings is 2. The highest BCUT2D eigenvalue weighted by atomic mass is 16.5. The van der Waals surface area contributed by atoms with Gasteiger partial charge in [-0.1, -0.05) is 18.2 Å². The molecule has 118 valence electrons. The molecule has 0 aliphatic rings. The molecular weight excluding hydrogens is 290 g/mol. The number of imidazole rings is 1. The first-order chi connectivity index (χ1) is 11.2. The van der Waals surface area contributed by atoms with Crippen LogP contribution in [0.4, 0.5) is 0 Å². The Morgan fingerprint density at radius 3 is 2.74 bits per heavy atom. The van der Waals surface area contributed by atoms with Crippen molar-refractivity contribution in [2.75, 3.05) is 13.7 Å². The molecular formula is C18H19N3O2. The van der Waals surface area contributed by atoms with Crippen molar-refractivity contribution in [1.29, 1.82) is 0 Å². The van der Waals surface area contributed by atoms with Crippen LogP contribution in [0, 0.1) is 0 Å². The third-order valence-corrected chi connectivity index (χ3v) is 3.74. The van der Waals surface area contributed by atoms with Crippen molar-refractivity contribution >= 4 is 16.9 Å². The van der Waals surface area contributed by atoms with Crippen molar-refractivity contribution in [3.05, 3.63) is 59.9 Å². The van der Waals surface area contributed by atoms with E-state index in [0.29, 0.717) is 13.0 Å². The van der Waals surface area contributed by atoms with Gasteiger partial charge in [0, 0.05) is 6.54 Å². The second kappa shape index (κ2) is 6.96. The minimum absolute atomic E-state index is 0.0257. The number of aromatic amines is 1. The number of aromatic nitrogens is 2. The molecule has 0 saturated heterocycles. The average Bonchev–Trinajstić information content (AvgIpc) is 3.03. The first-order valence-electron chi connectivity index (χ1n) is 7.56. The van der Waals surface area contributed by atoms with Crippen molar-refractivity contribution in [3.63, 3.8) is 0 Å². The lowest BCUT2D eigenvalue weighted by Gasteiger charge is -2.06. The minimum atomic E-state index is 0.0257. The van der Waals surface area contributed by atoms with E-state index in [4.69, 9.17) is 4.74 Å². The molecule has 0 unspecified atom stereocenters. The topological polar surface area (TPSA) is 67.0 Å². The molecule has 0 saturated carbocycles. The van der Waals surface area contributed by atoms with Crippen LogP contribution in [0.5, 0.6) is 5.75 Å². The fourth-order valence-corrected chi connectivity index (χ4v) is 2.48. The van der Waals surface area contributed by atoms with Gasteiger partial charge in [-0.2, -0.15) is 0 Å². The molecule has 0 spiro atoms. The minimum Gasteiger partial charge on any atom is -0.497 e. The van der Waals surface area contributed by atoms with E-state index >= 15 is 0 Å². The second-order valence-corrected chi connectivity index (χ2v) is 5.38. The number of rotatable bonds is 6. The quantitative estimate of drug-likeness (QED) is 0.735. The van der Waals surface area contributed by atoms with E-state index in [1.165, 1.54) is 5.56 Å². The Labute approximate surface area is 134 Å². The van der Waals surface area contributed by atoms with E-state index in [0.717, 1.165) is 28.8 Å². The molecule has 3 rings (SSSR count). The lowest BCUT2D eigenvalue weighted by molar-refractivity contribution is -0.120. The van der Waals surface area contributed by atoms with Crippen molar-refractivity contribution in [1.82, 2.24) is 15.3 Å². The molecule has 1 amide bonds. The van der Waals surface area contributed by atoms with Crippen LogP contribution in [0.3, 0.4) is 0 Å². The number of amides is 1. The molecule has 2 N–H and O–H groups in total. The molecule has 2 aromatic carbocycles. The summed E-state index contributed by atoms with van der Waals surface area (Å²) in [5, 5.41) is 2.95. The summed E-state index contributed by atoms with van der Waals surface area (Å²) in [5.41, 5.74) is 4.12. The van der Waals surface area contributed by atoms with Crippen molar-refractivity contribution < 1.29 is 9.53 Å². The summed E-state index contributed by atoms with van der Waals surface area (Å²) in [6.45, 7) is 0.620. The zero-order chi connectivity index (χ0) is 16.1. The first-order valence-corrected chi connectivity index (χ1v) is 7.56. The summed E-state index contributed by atoms with van der Waals surface area (Å²) < 4.78 is 5.11. The van der Waals surface area contributed by atoms with Crippen LogP contribution in [-0.2, 0) is 17.6 Å². The number of nitrogens with one attached hydrogen (secondary N) is 2. The van der Waals surface area contributed by atoms with Gasteiger partial charge >= 0.3 is 0 Å². The van der Waals surface area contributed by atoms with Crippen molar-refractivity contribution in [2.45, 2.75) is 12.8 Å². The highest BCUT2D eigenvalue weighted by Gasteiger charge is 2.04. The lowest BCUT2D eigenvalue weighted by Crippen LogP contribution is -2.27. The Bertz CT molecular complexity index is 793. The Kier molecular flexibility index (Phi) is 4.57. The number of methoxy groups -OCH3 is 1. The fraction of sp³-hybridized carbons (Fsp3) is 0.222. The third kappa shape index (κ3) is 3.88. The Morgan fingerprint density at radius 2 is 1.96 bits per heavy atom. The van der Waals surface area contributed by atoms with Gasteiger partial charge in [0.15, 0.2) is 0 Å². The predicted molar refractivity (Wildman–Crippen MR) is 89.5 cm³/mol. The molecule has 0 aliphatic heterocycles. The van der Waals surface area contributed by atoms with Crippen LogP contribution in [-0.4, -0.2) is 29.5 Å². The van der Waals surface area contributed by atoms with Gasteiger partial charge in [0.1, 0.15) is 5.75 Å². The first kappa shape index (κ1) is 15.1. The normalized spacial score (nSPS) is 10.7. The maximum Gasteiger partial charge on any atom is 0.224 e. The molecule has 1 aromatic heterocycles. The standard InChI is InChI=1S/C18H19N3O2/c1-23-15-5-2-13(3-6-15)11-18(22)19-9-8-14-4-7-16-17(10-14)21-12-20-16/h2-7,10,12H,8-9,11H2,1H3,(H,19,22)(H,20,21). The van der Waals surface area contributed by atoms with E-state index < -0.39 is 0 Å². The maximum atomic E-state index is 12.0. The Hall–Kier alpha value is -2.82. The van der Waals surface area contributed by atoms with Gasteiger partial charge in [-0.3, -0.25) is 4.79 Å². The molecule has 5 heteroatoms. The lowest BCUT2D eigenvalue weighted by atomic mass is 10.1. The van der Waals surface area contributed by atoms with Gasteiger partial charge in [0.2, 0.25) is 5.91 Å². The van der Waals surface area contributed by atoms with Gasteiger partial charge in [-0.05, 0) is 41.8 Å². The van der Waals surface area contributed by atoms with Crippen molar-refractivity contribution in [3.8, 4) is 5.75 Å². The summed E-state index contributed by atoms with van der Waals surface area (Å²) in [6.07, 6.45) is 2.86. The number of fused-ring (bicyclic) bond motifs is 1. The van der Waals surface area contributed by atoms with E-state index in [-0.39, 0.29) is 5.91 Å². The molecule has 0 bridgehead atoms. The van der Waals surface area contributed by atoms with E-state index in [2.05, 4.69) is 21.4 Å². The molecule has 23 heavy (non-hydrogen) atoms. The van der Waals surface area contributed by atoms with Crippen LogP contribution < -0.4 is 10.1 Å². The van der Waals surface area contributed by atoms with Gasteiger partial charge in [0.05, 0.1) is 30.9 Å². The highest BCUT2D eigenvalue weighted by Crippen LogP contribution is 2.12. The number of ether oxygens (including phenoxy) is 1. The zero-order valence-corrected chi connectivity index (χ0v) is 13.0. The van der Waals surface area contributed by atoms with Crippen LogP contribution >= 0.6 is 0 Å². The molecule has 0 aliphatic carbocycles. The summed E-state index contributed by atoms with van der Waals surface area (Å²) in [5.74, 6) is 0.821. The number of hydrogen-bond donors (Lipinski definition) is 2. The maximum absolute atomic E-state index is 12.0. The molecule has 5 nitrogen and oxygen atoms in total. The monoisotopic (exact) mass is 309 g/mol. The Morgan fingerprint density at radius 1 is 1.17 bits per heavy atom. The van der Waals surface area contributed by atoms with Crippen molar-refractivity contribution in [2.24, 2.45) is 0 Å². The molecule has 0 radical (unpaired) electrons. The van der Waals surface area contributed by atoms with Gasteiger partial charge in [-0.25, -0.2) is 4.98 Å². The average molecular weight is 309 g/mol. The molecule has 0 fully saturated rings.